The Morgan fingerprint density at radius 2 is 2.14 bits per heavy atom. The fourth-order valence-corrected chi connectivity index (χ4v) is 3.71. The van der Waals surface area contributed by atoms with Gasteiger partial charge in [0.2, 0.25) is 5.91 Å². The Bertz CT molecular complexity index is 1140. The monoisotopic (exact) mass is 380 g/mol. The summed E-state index contributed by atoms with van der Waals surface area (Å²) in [6.45, 7) is 0.908. The van der Waals surface area contributed by atoms with Crippen molar-refractivity contribution in [3.05, 3.63) is 47.1 Å². The number of aromatic amines is 2. The largest absolute Gasteiger partial charge is 0.415 e. The molecule has 2 aliphatic rings. The summed E-state index contributed by atoms with van der Waals surface area (Å²) in [6, 6.07) is 4.64. The first kappa shape index (κ1) is 16.4. The molecule has 1 atom stereocenters. The summed E-state index contributed by atoms with van der Waals surface area (Å²) in [5.74, 6) is 0.0786. The number of H-pyrrole nitrogens is 2. The first-order chi connectivity index (χ1) is 13.6. The van der Waals surface area contributed by atoms with Gasteiger partial charge >= 0.3 is 6.09 Å². The van der Waals surface area contributed by atoms with Gasteiger partial charge in [-0.15, -0.1) is 0 Å². The molecule has 5 heterocycles. The first-order valence-electron chi connectivity index (χ1n) is 8.80. The van der Waals surface area contributed by atoms with Crippen LogP contribution in [0.5, 0.6) is 5.75 Å². The van der Waals surface area contributed by atoms with Crippen LogP contribution in [0.1, 0.15) is 0 Å². The summed E-state index contributed by atoms with van der Waals surface area (Å²) >= 11 is 0. The van der Waals surface area contributed by atoms with Gasteiger partial charge in [-0.1, -0.05) is 0 Å². The van der Waals surface area contributed by atoms with Gasteiger partial charge in [-0.2, -0.15) is 0 Å². The number of amides is 2. The van der Waals surface area contributed by atoms with Gasteiger partial charge in [-0.25, -0.2) is 9.78 Å². The lowest BCUT2D eigenvalue weighted by atomic mass is 10.0. The van der Waals surface area contributed by atoms with Crippen molar-refractivity contribution in [2.24, 2.45) is 0 Å². The van der Waals surface area contributed by atoms with Crippen molar-refractivity contribution < 1.29 is 14.3 Å². The summed E-state index contributed by atoms with van der Waals surface area (Å²) < 4.78 is 5.31. The molecule has 1 saturated heterocycles. The lowest BCUT2D eigenvalue weighted by Gasteiger charge is -2.44. The third-order valence-electron chi connectivity index (χ3n) is 5.01. The Morgan fingerprint density at radius 3 is 2.96 bits per heavy atom. The molecule has 3 N–H and O–H groups in total. The lowest BCUT2D eigenvalue weighted by Crippen LogP contribution is -2.62. The van der Waals surface area contributed by atoms with Crippen LogP contribution in [-0.2, 0) is 4.79 Å². The number of pyridine rings is 2. The third-order valence-corrected chi connectivity index (χ3v) is 5.01. The van der Waals surface area contributed by atoms with E-state index in [0.29, 0.717) is 30.2 Å². The van der Waals surface area contributed by atoms with Crippen LogP contribution < -0.4 is 20.5 Å². The average molecular weight is 380 g/mol. The molecule has 0 radical (unpaired) electrons. The van der Waals surface area contributed by atoms with Crippen LogP contribution in [0.25, 0.3) is 11.0 Å². The van der Waals surface area contributed by atoms with Crippen molar-refractivity contribution in [1.29, 1.82) is 0 Å². The molecule has 1 unspecified atom stereocenters. The molecule has 0 aromatic carbocycles. The van der Waals surface area contributed by atoms with Crippen LogP contribution in [0.4, 0.5) is 16.2 Å². The first-order valence-corrected chi connectivity index (χ1v) is 8.80. The highest BCUT2D eigenvalue weighted by molar-refractivity contribution is 6.09. The second-order valence-electron chi connectivity index (χ2n) is 6.64. The topological polar surface area (TPSA) is 123 Å². The predicted molar refractivity (Wildman–Crippen MR) is 101 cm³/mol. The molecule has 10 nitrogen and oxygen atoms in total. The second-order valence-corrected chi connectivity index (χ2v) is 6.64. The van der Waals surface area contributed by atoms with Crippen molar-refractivity contribution in [2.45, 2.75) is 6.04 Å². The van der Waals surface area contributed by atoms with Gasteiger partial charge in [0.25, 0.3) is 5.56 Å². The number of piperazine rings is 1. The fourth-order valence-electron chi connectivity index (χ4n) is 3.71. The van der Waals surface area contributed by atoms with E-state index in [2.05, 4.69) is 20.3 Å². The van der Waals surface area contributed by atoms with E-state index in [1.165, 1.54) is 4.90 Å². The van der Waals surface area contributed by atoms with E-state index >= 15 is 0 Å². The highest BCUT2D eigenvalue weighted by Gasteiger charge is 2.41. The van der Waals surface area contributed by atoms with E-state index in [0.717, 1.165) is 5.39 Å². The minimum Gasteiger partial charge on any atom is -0.409 e. The zero-order valence-electron chi connectivity index (χ0n) is 14.6. The number of hydrogen-bond acceptors (Lipinski definition) is 6. The van der Waals surface area contributed by atoms with Crippen LogP contribution in [0.3, 0.4) is 0 Å². The summed E-state index contributed by atoms with van der Waals surface area (Å²) in [4.78, 5) is 50.6. The van der Waals surface area contributed by atoms with E-state index < -0.39 is 17.7 Å². The maximum atomic E-state index is 12.7. The minimum atomic E-state index is -0.620. The highest BCUT2D eigenvalue weighted by atomic mass is 16.6. The van der Waals surface area contributed by atoms with Crippen molar-refractivity contribution in [1.82, 2.24) is 19.9 Å². The second kappa shape index (κ2) is 6.12. The normalized spacial score (nSPS) is 18.4. The molecule has 142 valence electrons. The molecule has 2 amide bonds. The van der Waals surface area contributed by atoms with E-state index in [9.17, 15) is 14.4 Å². The maximum absolute atomic E-state index is 12.7. The van der Waals surface area contributed by atoms with E-state index in [-0.39, 0.29) is 18.1 Å². The van der Waals surface area contributed by atoms with E-state index in [1.54, 1.807) is 30.7 Å². The number of nitrogens with one attached hydrogen (secondary N) is 3. The molecule has 3 aromatic rings. The highest BCUT2D eigenvalue weighted by Crippen LogP contribution is 2.36. The van der Waals surface area contributed by atoms with Gasteiger partial charge in [0, 0.05) is 37.1 Å². The molecule has 0 aliphatic carbocycles. The third kappa shape index (κ3) is 2.49. The Balaban J connectivity index is 1.48. The molecular weight excluding hydrogens is 364 g/mol. The number of anilines is 2. The number of hydrogen-bond donors (Lipinski definition) is 3. The Hall–Kier alpha value is -3.82. The van der Waals surface area contributed by atoms with Gasteiger partial charge in [-0.05, 0) is 18.2 Å². The molecule has 28 heavy (non-hydrogen) atoms. The molecule has 3 aromatic heterocycles. The zero-order valence-corrected chi connectivity index (χ0v) is 14.6. The van der Waals surface area contributed by atoms with Crippen molar-refractivity contribution >= 4 is 34.4 Å². The van der Waals surface area contributed by atoms with Gasteiger partial charge in [-0.3, -0.25) is 9.59 Å². The molecule has 0 bridgehead atoms. The number of nitrogens with zero attached hydrogens (tertiary/aromatic N) is 3. The van der Waals surface area contributed by atoms with Gasteiger partial charge < -0.3 is 29.8 Å². The molecule has 0 spiro atoms. The van der Waals surface area contributed by atoms with Gasteiger partial charge in [0.1, 0.15) is 23.1 Å². The minimum absolute atomic E-state index is 0.156. The fraction of sp³-hybridized carbons (Fsp3) is 0.222. The van der Waals surface area contributed by atoms with Crippen molar-refractivity contribution in [3.8, 4) is 5.75 Å². The number of carbonyl (C=O) groups excluding carboxylic acids is 2. The molecule has 0 saturated carbocycles. The van der Waals surface area contributed by atoms with E-state index in [4.69, 9.17) is 4.74 Å². The number of fused-ring (bicyclic) bond motifs is 5. The molecule has 2 aliphatic heterocycles. The number of carbonyl (C=O) groups is 2. The molecule has 5 rings (SSSR count). The lowest BCUT2D eigenvalue weighted by molar-refractivity contribution is -0.118. The van der Waals surface area contributed by atoms with Crippen molar-refractivity contribution in [2.75, 3.05) is 29.9 Å². The van der Waals surface area contributed by atoms with Crippen LogP contribution >= 0.6 is 0 Å². The average Bonchev–Trinajstić information content (AvgIpc) is 3.21. The summed E-state index contributed by atoms with van der Waals surface area (Å²) in [5.41, 5.74) is 0.901. The van der Waals surface area contributed by atoms with Crippen LogP contribution in [0, 0.1) is 0 Å². The quantitative estimate of drug-likeness (QED) is 0.576. The zero-order chi connectivity index (χ0) is 19.3. The van der Waals surface area contributed by atoms with Gasteiger partial charge in [0.15, 0.2) is 0 Å². The molecule has 10 heteroatoms. The van der Waals surface area contributed by atoms with Gasteiger partial charge in [0.05, 0.1) is 12.2 Å². The van der Waals surface area contributed by atoms with E-state index in [1.807, 2.05) is 11.0 Å². The number of rotatable bonds is 1. The Kier molecular flexibility index (Phi) is 3.57. The van der Waals surface area contributed by atoms with Crippen LogP contribution in [0.15, 0.2) is 41.6 Å². The number of ether oxygens (including phenoxy) is 1. The maximum Gasteiger partial charge on any atom is 0.415 e. The Labute approximate surface area is 158 Å². The number of aromatic nitrogens is 3. The Morgan fingerprint density at radius 1 is 1.25 bits per heavy atom. The summed E-state index contributed by atoms with van der Waals surface area (Å²) in [5, 5.41) is 3.43. The predicted octanol–water partition coefficient (Wildman–Crippen LogP) is 0.893. The molecule has 1 fully saturated rings. The molecular formula is C18H16N6O4. The summed E-state index contributed by atoms with van der Waals surface area (Å²) in [6.07, 6.45) is 4.31. The van der Waals surface area contributed by atoms with Crippen LogP contribution in [0.2, 0.25) is 0 Å². The standard InChI is InChI=1S/C18H16N6O4/c25-16-12-9-23(18(27)28-10-3-5-19-8-10)6-7-24(12)14-11-2-1-4-20-15(11)22-17(26)13(14)21-16/h1-5,8,12,19H,6-7,9H2,(H,21,25)(H,20,22,26). The smallest absolute Gasteiger partial charge is 0.409 e. The van der Waals surface area contributed by atoms with Crippen molar-refractivity contribution in [3.63, 3.8) is 0 Å². The summed E-state index contributed by atoms with van der Waals surface area (Å²) in [7, 11) is 0. The van der Waals surface area contributed by atoms with Crippen LogP contribution in [-0.4, -0.2) is 57.5 Å². The SMILES string of the molecule is O=C1Nc2c(c3cccnc3[nH]c2=O)N2CCN(C(=O)Oc3cc[nH]c3)CC12.